The van der Waals surface area contributed by atoms with Crippen LogP contribution in [0.5, 0.6) is 0 Å². The third-order valence-corrected chi connectivity index (χ3v) is 13.8. The number of ether oxygens (including phenoxy) is 5. The molecule has 0 radical (unpaired) electrons. The highest BCUT2D eigenvalue weighted by molar-refractivity contribution is 5.95. The number of pyridine rings is 1. The fraction of sp³-hybridized carbons (Fsp3) is 0.756. The number of aliphatic hydroxyl groups is 3. The van der Waals surface area contributed by atoms with E-state index in [1.54, 1.807) is 17.9 Å². The second-order valence-corrected chi connectivity index (χ2v) is 18.9. The normalized spacial score (nSPS) is 40.4. The Morgan fingerprint density at radius 1 is 1.03 bits per heavy atom. The number of cyclic esters (lactones) is 1. The van der Waals surface area contributed by atoms with Gasteiger partial charge in [0.25, 0.3) is 5.91 Å². The molecule has 4 fully saturated rings. The Hall–Kier alpha value is -2.79. The Labute approximate surface area is 350 Å². The molecule has 1 amide bonds. The van der Waals surface area contributed by atoms with Crippen molar-refractivity contribution >= 4 is 22.8 Å². The van der Waals surface area contributed by atoms with Crippen molar-refractivity contribution in [3.8, 4) is 0 Å². The molecule has 6 rings (SSSR count). The Kier molecular flexibility index (Phi) is 13.9. The highest BCUT2D eigenvalue weighted by atomic mass is 16.7. The summed E-state index contributed by atoms with van der Waals surface area (Å²) in [6.07, 6.45) is -3.99. The molecule has 1 aromatic heterocycles. The maximum absolute atomic E-state index is 14.4. The van der Waals surface area contributed by atoms with Crippen molar-refractivity contribution in [3.05, 3.63) is 42.1 Å². The molecule has 4 aliphatic heterocycles. The maximum Gasteiger partial charge on any atom is 0.311 e. The number of para-hydroxylation sites is 1. The molecule has 14 heteroatoms. The van der Waals surface area contributed by atoms with Gasteiger partial charge >= 0.3 is 5.97 Å². The summed E-state index contributed by atoms with van der Waals surface area (Å²) >= 11 is 0. The van der Waals surface area contributed by atoms with E-state index >= 15 is 0 Å². The number of hydrogen-bond donors (Lipinski definition) is 3. The number of benzene rings is 1. The molecule has 4 saturated heterocycles. The molecule has 0 unspecified atom stereocenters. The first-order chi connectivity index (χ1) is 27.7. The number of likely N-dealkylation sites (tertiary alicyclic amines) is 1. The Balaban J connectivity index is 1.40. The molecule has 0 aliphatic carbocycles. The van der Waals surface area contributed by atoms with Crippen molar-refractivity contribution < 1.29 is 48.6 Å². The summed E-state index contributed by atoms with van der Waals surface area (Å²) in [5.41, 5.74) is -1.71. The van der Waals surface area contributed by atoms with Crippen molar-refractivity contribution in [1.29, 1.82) is 0 Å². The SMILES string of the molecule is CC[C@H]1OC(=O)[C@H](C)[C@H]2OC3(CCN(C(=O)c4ccc5ccccc5n4)CC3)O[C@](C)(C[C@@H](C)CN(C)[C@H](C)[C@@H](O)[C@]1(C)O)[C@H](O[C@@H]1O[C@H](C)C[C@H](N(C)C)[C@H]1O)[C@H]2C. The van der Waals surface area contributed by atoms with E-state index in [-0.39, 0.29) is 30.4 Å². The number of carbonyl (C=O) groups excluding carboxylic acids is 2. The van der Waals surface area contributed by atoms with Crippen LogP contribution in [0.15, 0.2) is 36.4 Å². The van der Waals surface area contributed by atoms with E-state index in [2.05, 4.69) is 11.9 Å². The topological polar surface area (TPSA) is 164 Å². The minimum absolute atomic E-state index is 0.0369. The number of likely N-dealkylation sites (N-methyl/N-ethyl adjacent to an activating group) is 2. The molecule has 59 heavy (non-hydrogen) atoms. The van der Waals surface area contributed by atoms with Crippen LogP contribution in [0.2, 0.25) is 0 Å². The molecule has 14 nitrogen and oxygen atoms in total. The van der Waals surface area contributed by atoms with Gasteiger partial charge in [0, 0.05) is 55.9 Å². The minimum Gasteiger partial charge on any atom is -0.459 e. The summed E-state index contributed by atoms with van der Waals surface area (Å²) in [4.78, 5) is 38.8. The average Bonchev–Trinajstić information content (AvgIpc) is 3.27. The monoisotopic (exact) mass is 827 g/mol. The van der Waals surface area contributed by atoms with Crippen molar-refractivity contribution in [3.63, 3.8) is 0 Å². The third-order valence-electron chi connectivity index (χ3n) is 13.8. The molecule has 1 aromatic carbocycles. The molecule has 4 aliphatic rings. The molecule has 2 aromatic rings. The number of fused-ring (bicyclic) bond motifs is 4. The molecule has 2 bridgehead atoms. The molecule has 3 N–H and O–H groups in total. The van der Waals surface area contributed by atoms with E-state index < -0.39 is 77.6 Å². The summed E-state index contributed by atoms with van der Waals surface area (Å²) in [6, 6.07) is 10.7. The molecule has 5 heterocycles. The highest BCUT2D eigenvalue weighted by Crippen LogP contribution is 2.48. The summed E-state index contributed by atoms with van der Waals surface area (Å²) < 4.78 is 34.1. The maximum atomic E-state index is 14.4. The van der Waals surface area contributed by atoms with Crippen LogP contribution in [0.1, 0.15) is 98.0 Å². The van der Waals surface area contributed by atoms with Crippen LogP contribution in [-0.2, 0) is 28.5 Å². The van der Waals surface area contributed by atoms with Gasteiger partial charge in [-0.25, -0.2) is 4.98 Å². The Bertz CT molecular complexity index is 1770. The predicted molar refractivity (Wildman–Crippen MR) is 222 cm³/mol. The van der Waals surface area contributed by atoms with E-state index in [1.807, 2.05) is 95.9 Å². The first kappa shape index (κ1) is 45.7. The van der Waals surface area contributed by atoms with Crippen LogP contribution < -0.4 is 0 Å². The molecule has 330 valence electrons. The summed E-state index contributed by atoms with van der Waals surface area (Å²) in [6.45, 7) is 16.2. The number of nitrogens with zero attached hydrogens (tertiary/aromatic N) is 4. The van der Waals surface area contributed by atoms with Gasteiger partial charge in [-0.05, 0) is 93.1 Å². The number of aromatic nitrogens is 1. The van der Waals surface area contributed by atoms with Gasteiger partial charge in [-0.1, -0.05) is 45.0 Å². The van der Waals surface area contributed by atoms with Crippen LogP contribution in [0, 0.1) is 17.8 Å². The molecular formula is C45H70N4O10. The molecular weight excluding hydrogens is 757 g/mol. The van der Waals surface area contributed by atoms with E-state index in [0.29, 0.717) is 51.0 Å². The van der Waals surface area contributed by atoms with Crippen molar-refractivity contribution in [1.82, 2.24) is 19.7 Å². The van der Waals surface area contributed by atoms with Gasteiger partial charge in [-0.2, -0.15) is 0 Å². The summed E-state index contributed by atoms with van der Waals surface area (Å²) in [5.74, 6) is -3.43. The van der Waals surface area contributed by atoms with E-state index in [9.17, 15) is 24.9 Å². The lowest BCUT2D eigenvalue weighted by molar-refractivity contribution is -0.331. The zero-order valence-electron chi connectivity index (χ0n) is 37.0. The van der Waals surface area contributed by atoms with E-state index in [4.69, 9.17) is 23.7 Å². The van der Waals surface area contributed by atoms with Crippen LogP contribution in [0.25, 0.3) is 10.9 Å². The zero-order valence-corrected chi connectivity index (χ0v) is 37.0. The summed E-state index contributed by atoms with van der Waals surface area (Å²) in [5, 5.41) is 36.1. The number of rotatable bonds is 5. The second kappa shape index (κ2) is 17.9. The van der Waals surface area contributed by atoms with E-state index in [0.717, 1.165) is 10.9 Å². The number of esters is 1. The third kappa shape index (κ3) is 9.36. The van der Waals surface area contributed by atoms with E-state index in [1.165, 1.54) is 6.92 Å². The lowest BCUT2D eigenvalue weighted by Crippen LogP contribution is -2.60. The lowest BCUT2D eigenvalue weighted by Gasteiger charge is -2.49. The number of hydrogen-bond acceptors (Lipinski definition) is 13. The molecule has 14 atom stereocenters. The number of carbonyl (C=O) groups is 2. The van der Waals surface area contributed by atoms with Crippen LogP contribution >= 0.6 is 0 Å². The van der Waals surface area contributed by atoms with Gasteiger partial charge in [0.1, 0.15) is 29.6 Å². The van der Waals surface area contributed by atoms with Crippen LogP contribution in [-0.4, -0.2) is 160 Å². The highest BCUT2D eigenvalue weighted by Gasteiger charge is 2.58. The first-order valence-corrected chi connectivity index (χ1v) is 21.7. The predicted octanol–water partition coefficient (Wildman–Crippen LogP) is 4.22. The van der Waals surface area contributed by atoms with Gasteiger partial charge in [0.15, 0.2) is 12.1 Å². The number of amides is 1. The second-order valence-electron chi connectivity index (χ2n) is 18.9. The molecule has 1 spiro atoms. The van der Waals surface area contributed by atoms with Crippen molar-refractivity contribution in [2.24, 2.45) is 17.8 Å². The first-order valence-electron chi connectivity index (χ1n) is 21.7. The number of aliphatic hydroxyl groups excluding tert-OH is 2. The fourth-order valence-electron chi connectivity index (χ4n) is 10.3. The van der Waals surface area contributed by atoms with Crippen molar-refractivity contribution in [2.45, 2.75) is 159 Å². The minimum atomic E-state index is -1.75. The quantitative estimate of drug-likeness (QED) is 0.368. The largest absolute Gasteiger partial charge is 0.459 e. The fourth-order valence-corrected chi connectivity index (χ4v) is 10.3. The van der Waals surface area contributed by atoms with Gasteiger partial charge in [0.05, 0.1) is 35.3 Å². The van der Waals surface area contributed by atoms with Gasteiger partial charge in [-0.3, -0.25) is 9.59 Å². The van der Waals surface area contributed by atoms with Gasteiger partial charge in [0.2, 0.25) is 0 Å². The Morgan fingerprint density at radius 3 is 2.37 bits per heavy atom. The van der Waals surface area contributed by atoms with Crippen molar-refractivity contribution in [2.75, 3.05) is 40.8 Å². The standard InChI is InChI=1S/C45H70N4O10/c1-12-35-44(8,54)38(51)30(6)48(11)25-26(2)24-43(7)39(57-42-36(50)34(47(9)10)23-27(3)55-42)28(4)37(29(5)41(53)56-35)58-45(59-43)19-21-49(22-20-45)40(52)33-18-17-31-15-13-14-16-32(31)46-33/h13-18,26-30,34-39,42,50-51,54H,12,19-25H2,1-11H3/t26-,27-,28+,29-,30-,34+,35-,36-,37+,38-,39-,42+,43-,44-/m1/s1. The van der Waals surface area contributed by atoms with Crippen LogP contribution in [0.3, 0.4) is 0 Å². The number of piperidine rings is 1. The van der Waals surface area contributed by atoms with Crippen LogP contribution in [0.4, 0.5) is 0 Å². The smallest absolute Gasteiger partial charge is 0.311 e. The average molecular weight is 827 g/mol. The zero-order chi connectivity index (χ0) is 43.2. The van der Waals surface area contributed by atoms with Gasteiger partial charge in [-0.15, -0.1) is 0 Å². The lowest BCUT2D eigenvalue weighted by atomic mass is 9.78. The Morgan fingerprint density at radius 2 is 1.71 bits per heavy atom. The molecule has 0 saturated carbocycles. The summed E-state index contributed by atoms with van der Waals surface area (Å²) in [7, 11) is 5.78. The van der Waals surface area contributed by atoms with Gasteiger partial charge < -0.3 is 53.7 Å².